The summed E-state index contributed by atoms with van der Waals surface area (Å²) in [5.41, 5.74) is 22.8. The average molecular weight is 735 g/mol. The normalized spacial score (nSPS) is 13.3. The van der Waals surface area contributed by atoms with Crippen molar-refractivity contribution in [3.05, 3.63) is 94.5 Å². The smallest absolute Gasteiger partial charge is 0.139 e. The van der Waals surface area contributed by atoms with Crippen molar-refractivity contribution >= 4 is 88.4 Å². The molecule has 0 N–H and O–H groups in total. The van der Waals surface area contributed by atoms with Gasteiger partial charge in [0, 0.05) is 16.5 Å². The largest absolute Gasteiger partial charge is 0.309 e. The van der Waals surface area contributed by atoms with Gasteiger partial charge >= 0.3 is 0 Å². The minimum absolute atomic E-state index is 0.00230. The first-order chi connectivity index (χ1) is 25.5. The molecule has 1 heterocycles. The van der Waals surface area contributed by atoms with Crippen LogP contribution in [0.3, 0.4) is 0 Å². The van der Waals surface area contributed by atoms with Gasteiger partial charge in [-0.25, -0.2) is 0 Å². The summed E-state index contributed by atoms with van der Waals surface area (Å²) in [5.74, 6) is 0. The third kappa shape index (κ3) is 7.29. The summed E-state index contributed by atoms with van der Waals surface area (Å²) in [6.45, 7) is 35.4. The number of rotatable bonds is 3. The van der Waals surface area contributed by atoms with E-state index in [-0.39, 0.29) is 27.1 Å². The van der Waals surface area contributed by atoms with Gasteiger partial charge in [0.1, 0.15) is 39.2 Å². The van der Waals surface area contributed by atoms with Gasteiger partial charge < -0.3 is 4.57 Å². The molecule has 286 valence electrons. The second-order valence-corrected chi connectivity index (χ2v) is 22.2. The van der Waals surface area contributed by atoms with Gasteiger partial charge in [-0.2, -0.15) is 0 Å². The molecule has 0 aliphatic carbocycles. The van der Waals surface area contributed by atoms with Crippen LogP contribution in [-0.2, 0) is 27.1 Å². The number of aromatic nitrogens is 1. The van der Waals surface area contributed by atoms with Crippen molar-refractivity contribution in [2.75, 3.05) is 0 Å². The number of nitrogens with zero attached hydrogens (tertiary/aromatic N) is 1. The summed E-state index contributed by atoms with van der Waals surface area (Å²) in [5, 5.41) is 2.72. The molecule has 0 amide bonds. The quantitative estimate of drug-likeness (QED) is 0.200. The van der Waals surface area contributed by atoms with Crippen molar-refractivity contribution in [2.45, 2.75) is 131 Å². The molecule has 0 aliphatic heterocycles. The van der Waals surface area contributed by atoms with E-state index < -0.39 is 0 Å². The Morgan fingerprint density at radius 3 is 1.23 bits per heavy atom. The second-order valence-electron chi connectivity index (χ2n) is 22.2. The molecule has 6 aromatic rings. The van der Waals surface area contributed by atoms with Crippen LogP contribution in [0.5, 0.6) is 0 Å². The molecule has 0 unspecified atom stereocenters. The average Bonchev–Trinajstić information content (AvgIpc) is 3.42. The fraction of sp³-hybridized carbons (Fsp3) is 0.400. The second kappa shape index (κ2) is 13.7. The van der Waals surface area contributed by atoms with E-state index in [0.29, 0.717) is 0 Å². The fourth-order valence-electron chi connectivity index (χ4n) is 8.82. The molecule has 0 fully saturated rings. The van der Waals surface area contributed by atoms with Crippen LogP contribution in [0.15, 0.2) is 66.7 Å². The maximum atomic E-state index is 2.60. The molecule has 56 heavy (non-hydrogen) atoms. The van der Waals surface area contributed by atoms with Crippen molar-refractivity contribution in [2.24, 2.45) is 0 Å². The van der Waals surface area contributed by atoms with E-state index in [9.17, 15) is 0 Å². The highest BCUT2D eigenvalue weighted by Gasteiger charge is 2.31. The summed E-state index contributed by atoms with van der Waals surface area (Å²) in [7, 11) is 11.6. The SMILES string of the molecule is Bc1c(B)c(B)c(-c2cccc3c2c2c(C(C)(C)C)c(-c4cc(C(C)(C)C)cc(C(C)(C)C)c4)ccc2n3-c2cc(C(C)(C)C)cc(C(C)(C)C)c2)c(B)c1B. The molecule has 6 heteroatoms. The molecule has 6 rings (SSSR count). The van der Waals surface area contributed by atoms with E-state index >= 15 is 0 Å². The Morgan fingerprint density at radius 2 is 0.804 bits per heavy atom. The molecular weight excluding hydrogens is 669 g/mol. The fourth-order valence-corrected chi connectivity index (χ4v) is 8.82. The Morgan fingerprint density at radius 1 is 0.393 bits per heavy atom. The third-order valence-electron chi connectivity index (χ3n) is 12.9. The Kier molecular flexibility index (Phi) is 10.2. The van der Waals surface area contributed by atoms with E-state index in [1.807, 2.05) is 0 Å². The topological polar surface area (TPSA) is 4.93 Å². The Bertz CT molecular complexity index is 2440. The van der Waals surface area contributed by atoms with Gasteiger partial charge in [-0.1, -0.05) is 157 Å². The lowest BCUT2D eigenvalue weighted by molar-refractivity contribution is 0.567. The summed E-state index contributed by atoms with van der Waals surface area (Å²) < 4.78 is 2.60. The lowest BCUT2D eigenvalue weighted by Crippen LogP contribution is -2.55. The summed E-state index contributed by atoms with van der Waals surface area (Å²) in [6.07, 6.45) is 0. The highest BCUT2D eigenvalue weighted by Crippen LogP contribution is 2.48. The van der Waals surface area contributed by atoms with Crippen molar-refractivity contribution in [3.63, 3.8) is 0 Å². The number of fused-ring (bicyclic) bond motifs is 3. The summed E-state index contributed by atoms with van der Waals surface area (Å²) >= 11 is 0. The predicted molar refractivity (Wildman–Crippen MR) is 266 cm³/mol. The van der Waals surface area contributed by atoms with Crippen LogP contribution in [0, 0.1) is 0 Å². The van der Waals surface area contributed by atoms with Gasteiger partial charge in [0.2, 0.25) is 0 Å². The van der Waals surface area contributed by atoms with E-state index in [1.54, 1.807) is 0 Å². The van der Waals surface area contributed by atoms with E-state index in [4.69, 9.17) is 0 Å². The Balaban J connectivity index is 1.92. The maximum absolute atomic E-state index is 2.60. The van der Waals surface area contributed by atoms with Crippen molar-refractivity contribution < 1.29 is 0 Å². The molecular formula is C50H66B5N. The minimum atomic E-state index is -0.159. The van der Waals surface area contributed by atoms with Crippen LogP contribution in [0.1, 0.15) is 132 Å². The molecule has 0 saturated carbocycles. The van der Waals surface area contributed by atoms with Crippen LogP contribution in [0.2, 0.25) is 0 Å². The summed E-state index contributed by atoms with van der Waals surface area (Å²) in [4.78, 5) is 0. The summed E-state index contributed by atoms with van der Waals surface area (Å²) in [6, 6.07) is 26.7. The van der Waals surface area contributed by atoms with Crippen LogP contribution in [-0.4, -0.2) is 43.8 Å². The molecule has 0 atom stereocenters. The van der Waals surface area contributed by atoms with Crippen LogP contribution < -0.4 is 27.3 Å². The molecule has 0 aliphatic rings. The Labute approximate surface area is 344 Å². The first kappa shape index (κ1) is 41.8. The van der Waals surface area contributed by atoms with E-state index in [1.165, 1.54) is 105 Å². The monoisotopic (exact) mass is 736 g/mol. The zero-order valence-corrected chi connectivity index (χ0v) is 38.8. The first-order valence-corrected chi connectivity index (χ1v) is 21.0. The molecule has 0 spiro atoms. The van der Waals surface area contributed by atoms with E-state index in [0.717, 1.165) is 0 Å². The molecule has 0 saturated heterocycles. The van der Waals surface area contributed by atoms with Crippen molar-refractivity contribution in [1.82, 2.24) is 4.57 Å². The third-order valence-corrected chi connectivity index (χ3v) is 12.9. The van der Waals surface area contributed by atoms with Gasteiger partial charge in [0.05, 0.1) is 11.0 Å². The number of hydrogen-bond donors (Lipinski definition) is 0. The zero-order chi connectivity index (χ0) is 41.8. The zero-order valence-electron chi connectivity index (χ0n) is 38.8. The predicted octanol–water partition coefficient (Wildman–Crippen LogP) is 5.90. The lowest BCUT2D eigenvalue weighted by Gasteiger charge is -2.29. The molecule has 0 bridgehead atoms. The molecule has 1 nitrogen and oxygen atoms in total. The van der Waals surface area contributed by atoms with Crippen LogP contribution in [0.25, 0.3) is 49.7 Å². The Hall–Kier alpha value is -3.78. The highest BCUT2D eigenvalue weighted by atomic mass is 15.0. The lowest BCUT2D eigenvalue weighted by atomic mass is 9.59. The molecule has 1 aromatic heterocycles. The minimum Gasteiger partial charge on any atom is -0.309 e. The first-order valence-electron chi connectivity index (χ1n) is 21.0. The van der Waals surface area contributed by atoms with Crippen molar-refractivity contribution in [3.8, 4) is 27.9 Å². The van der Waals surface area contributed by atoms with Gasteiger partial charge in [-0.3, -0.25) is 0 Å². The molecule has 5 aromatic carbocycles. The maximum Gasteiger partial charge on any atom is 0.139 e. The highest BCUT2D eigenvalue weighted by molar-refractivity contribution is 6.69. The van der Waals surface area contributed by atoms with Crippen LogP contribution >= 0.6 is 0 Å². The van der Waals surface area contributed by atoms with E-state index in [2.05, 4.69) is 214 Å². The number of benzene rings is 5. The standard InChI is InChI=1S/C50H66B5N/c1-46(2,3)28-21-27(22-29(23-28)47(4,5)6)33-19-20-36-39(40(33)50(13,14)15)37-34(38-41(51)43(53)45(55)44(54)42(38)52)17-16-18-35(37)56(36)32-25-30(48(7,8)9)24-31(26-32)49(10,11)12/h16-26H,51-55H2,1-15H3. The van der Waals surface area contributed by atoms with Gasteiger partial charge in [-0.15, -0.1) is 16.4 Å². The number of hydrogen-bond acceptors (Lipinski definition) is 0. The van der Waals surface area contributed by atoms with Gasteiger partial charge in [0.25, 0.3) is 0 Å². The van der Waals surface area contributed by atoms with Crippen molar-refractivity contribution in [1.29, 1.82) is 0 Å². The van der Waals surface area contributed by atoms with Gasteiger partial charge in [-0.05, 0) is 101 Å². The van der Waals surface area contributed by atoms with Crippen LogP contribution in [0.4, 0.5) is 0 Å². The van der Waals surface area contributed by atoms with Gasteiger partial charge in [0.15, 0.2) is 0 Å². The molecule has 0 radical (unpaired) electrons.